The quantitative estimate of drug-likeness (QED) is 0.805. The first kappa shape index (κ1) is 15.9. The molecular weight excluding hydrogens is 286 g/mol. The average molecular weight is 311 g/mol. The molecule has 0 N–H and O–H groups in total. The summed E-state index contributed by atoms with van der Waals surface area (Å²) in [5.74, 6) is 2.51. The first-order chi connectivity index (χ1) is 11.3. The summed E-state index contributed by atoms with van der Waals surface area (Å²) in [6, 6.07) is 18.5. The average Bonchev–Trinajstić information content (AvgIpc) is 2.61. The Morgan fingerprint density at radius 1 is 1.04 bits per heavy atom. The van der Waals surface area contributed by atoms with E-state index in [1.165, 1.54) is 24.9 Å². The third-order valence-corrected chi connectivity index (χ3v) is 4.37. The number of rotatable bonds is 6. The Labute approximate surface area is 138 Å². The highest BCUT2D eigenvalue weighted by molar-refractivity contribution is 5.28. The molecule has 3 heteroatoms. The number of benzene rings is 2. The van der Waals surface area contributed by atoms with Crippen LogP contribution in [0.1, 0.15) is 18.4 Å². The molecule has 1 unspecified atom stereocenters. The molecule has 3 rings (SSSR count). The summed E-state index contributed by atoms with van der Waals surface area (Å²) >= 11 is 0. The largest absolute Gasteiger partial charge is 0.497 e. The summed E-state index contributed by atoms with van der Waals surface area (Å²) < 4.78 is 11.2. The molecule has 0 radical (unpaired) electrons. The van der Waals surface area contributed by atoms with Crippen LogP contribution in [0.3, 0.4) is 0 Å². The van der Waals surface area contributed by atoms with Crippen molar-refractivity contribution in [3.8, 4) is 11.5 Å². The fourth-order valence-electron chi connectivity index (χ4n) is 3.19. The molecule has 23 heavy (non-hydrogen) atoms. The zero-order valence-electron chi connectivity index (χ0n) is 13.8. The van der Waals surface area contributed by atoms with Crippen LogP contribution >= 0.6 is 0 Å². The minimum absolute atomic E-state index is 0.606. The van der Waals surface area contributed by atoms with E-state index >= 15 is 0 Å². The summed E-state index contributed by atoms with van der Waals surface area (Å²) in [7, 11) is 1.72. The van der Waals surface area contributed by atoms with Crippen LogP contribution in [0.4, 0.5) is 0 Å². The van der Waals surface area contributed by atoms with Crippen molar-refractivity contribution < 1.29 is 9.47 Å². The second-order valence-electron chi connectivity index (χ2n) is 6.22. The van der Waals surface area contributed by atoms with Crippen LogP contribution in [0.2, 0.25) is 0 Å². The van der Waals surface area contributed by atoms with Crippen LogP contribution in [0.5, 0.6) is 11.5 Å². The van der Waals surface area contributed by atoms with Gasteiger partial charge in [0.05, 0.1) is 13.7 Å². The van der Waals surface area contributed by atoms with E-state index in [1.54, 1.807) is 7.11 Å². The van der Waals surface area contributed by atoms with Gasteiger partial charge in [-0.1, -0.05) is 30.3 Å². The molecule has 0 amide bonds. The third kappa shape index (κ3) is 4.73. The first-order valence-electron chi connectivity index (χ1n) is 8.36. The molecule has 1 saturated heterocycles. The van der Waals surface area contributed by atoms with Gasteiger partial charge in [-0.25, -0.2) is 0 Å². The Balaban J connectivity index is 1.51. The molecule has 0 saturated carbocycles. The van der Waals surface area contributed by atoms with Crippen molar-refractivity contribution >= 4 is 0 Å². The lowest BCUT2D eigenvalue weighted by molar-refractivity contribution is 0.125. The van der Waals surface area contributed by atoms with Gasteiger partial charge in [0.1, 0.15) is 11.5 Å². The minimum atomic E-state index is 0.606. The molecule has 2 aromatic rings. The summed E-state index contributed by atoms with van der Waals surface area (Å²) in [5.41, 5.74) is 1.31. The maximum Gasteiger partial charge on any atom is 0.119 e. The number of methoxy groups -OCH3 is 1. The second kappa shape index (κ2) is 8.02. The van der Waals surface area contributed by atoms with Crippen LogP contribution < -0.4 is 9.47 Å². The number of piperidine rings is 1. The molecule has 0 aromatic heterocycles. The highest BCUT2D eigenvalue weighted by atomic mass is 16.5. The standard InChI is InChI=1S/C20H25NO2/c1-22-20-11-5-7-17(13-20)14-21-12-6-8-18(15-21)16-23-19-9-3-2-4-10-19/h2-5,7,9-11,13,18H,6,8,12,14-16H2,1H3. The van der Waals surface area contributed by atoms with Crippen molar-refractivity contribution in [2.24, 2.45) is 5.92 Å². The van der Waals surface area contributed by atoms with Gasteiger partial charge in [-0.05, 0) is 49.2 Å². The Morgan fingerprint density at radius 2 is 1.87 bits per heavy atom. The van der Waals surface area contributed by atoms with Crippen molar-refractivity contribution in [2.75, 3.05) is 26.8 Å². The van der Waals surface area contributed by atoms with E-state index in [0.717, 1.165) is 31.2 Å². The van der Waals surface area contributed by atoms with Crippen molar-refractivity contribution in [1.29, 1.82) is 0 Å². The van der Waals surface area contributed by atoms with E-state index in [9.17, 15) is 0 Å². The van der Waals surface area contributed by atoms with Crippen LogP contribution in [0, 0.1) is 5.92 Å². The van der Waals surface area contributed by atoms with E-state index in [0.29, 0.717) is 5.92 Å². The molecule has 3 nitrogen and oxygen atoms in total. The summed E-state index contributed by atoms with van der Waals surface area (Å²) in [6.45, 7) is 4.06. The number of hydrogen-bond donors (Lipinski definition) is 0. The molecule has 1 heterocycles. The highest BCUT2D eigenvalue weighted by Gasteiger charge is 2.20. The van der Waals surface area contributed by atoms with E-state index in [-0.39, 0.29) is 0 Å². The Kier molecular flexibility index (Phi) is 5.54. The second-order valence-corrected chi connectivity index (χ2v) is 6.22. The minimum Gasteiger partial charge on any atom is -0.497 e. The topological polar surface area (TPSA) is 21.7 Å². The summed E-state index contributed by atoms with van der Waals surface area (Å²) in [5, 5.41) is 0. The van der Waals surface area contributed by atoms with Gasteiger partial charge >= 0.3 is 0 Å². The van der Waals surface area contributed by atoms with Gasteiger partial charge in [0.25, 0.3) is 0 Å². The van der Waals surface area contributed by atoms with Crippen LogP contribution in [-0.4, -0.2) is 31.7 Å². The van der Waals surface area contributed by atoms with Gasteiger partial charge in [0, 0.05) is 19.0 Å². The van der Waals surface area contributed by atoms with Crippen molar-refractivity contribution in [1.82, 2.24) is 4.90 Å². The monoisotopic (exact) mass is 311 g/mol. The predicted octanol–water partition coefficient (Wildman–Crippen LogP) is 3.99. The fraction of sp³-hybridized carbons (Fsp3) is 0.400. The van der Waals surface area contributed by atoms with Gasteiger partial charge in [-0.3, -0.25) is 4.90 Å². The number of ether oxygens (including phenoxy) is 2. The molecule has 122 valence electrons. The van der Waals surface area contributed by atoms with Gasteiger partial charge in [0.2, 0.25) is 0 Å². The Bertz CT molecular complexity index is 600. The third-order valence-electron chi connectivity index (χ3n) is 4.37. The highest BCUT2D eigenvalue weighted by Crippen LogP contribution is 2.21. The van der Waals surface area contributed by atoms with Gasteiger partial charge < -0.3 is 9.47 Å². The smallest absolute Gasteiger partial charge is 0.119 e. The van der Waals surface area contributed by atoms with E-state index < -0.39 is 0 Å². The first-order valence-corrected chi connectivity index (χ1v) is 8.36. The molecule has 1 aliphatic heterocycles. The normalized spacial score (nSPS) is 18.6. The number of nitrogens with zero attached hydrogens (tertiary/aromatic N) is 1. The van der Waals surface area contributed by atoms with E-state index in [1.807, 2.05) is 36.4 Å². The number of likely N-dealkylation sites (tertiary alicyclic amines) is 1. The van der Waals surface area contributed by atoms with Crippen molar-refractivity contribution in [2.45, 2.75) is 19.4 Å². The molecule has 0 spiro atoms. The van der Waals surface area contributed by atoms with Gasteiger partial charge in [0.15, 0.2) is 0 Å². The summed E-state index contributed by atoms with van der Waals surface area (Å²) in [6.07, 6.45) is 2.49. The molecule has 2 aromatic carbocycles. The van der Waals surface area contributed by atoms with Crippen molar-refractivity contribution in [3.05, 3.63) is 60.2 Å². The van der Waals surface area contributed by atoms with Gasteiger partial charge in [-0.15, -0.1) is 0 Å². The molecule has 1 fully saturated rings. The predicted molar refractivity (Wildman–Crippen MR) is 92.9 cm³/mol. The maximum absolute atomic E-state index is 5.93. The Hall–Kier alpha value is -2.00. The molecule has 1 aliphatic rings. The van der Waals surface area contributed by atoms with Crippen LogP contribution in [0.15, 0.2) is 54.6 Å². The Morgan fingerprint density at radius 3 is 2.70 bits per heavy atom. The zero-order valence-corrected chi connectivity index (χ0v) is 13.8. The fourth-order valence-corrected chi connectivity index (χ4v) is 3.19. The number of hydrogen-bond acceptors (Lipinski definition) is 3. The lowest BCUT2D eigenvalue weighted by atomic mass is 9.98. The zero-order chi connectivity index (χ0) is 15.9. The van der Waals surface area contributed by atoms with Crippen LogP contribution in [0.25, 0.3) is 0 Å². The van der Waals surface area contributed by atoms with Crippen LogP contribution in [-0.2, 0) is 6.54 Å². The molecule has 0 aliphatic carbocycles. The lowest BCUT2D eigenvalue weighted by Crippen LogP contribution is -2.37. The van der Waals surface area contributed by atoms with E-state index in [2.05, 4.69) is 23.1 Å². The molecule has 1 atom stereocenters. The van der Waals surface area contributed by atoms with E-state index in [4.69, 9.17) is 9.47 Å². The lowest BCUT2D eigenvalue weighted by Gasteiger charge is -2.32. The number of para-hydroxylation sites is 1. The molecule has 0 bridgehead atoms. The SMILES string of the molecule is COc1cccc(CN2CCCC(COc3ccccc3)C2)c1. The maximum atomic E-state index is 5.93. The summed E-state index contributed by atoms with van der Waals surface area (Å²) in [4.78, 5) is 2.53. The van der Waals surface area contributed by atoms with Crippen molar-refractivity contribution in [3.63, 3.8) is 0 Å². The van der Waals surface area contributed by atoms with Gasteiger partial charge in [-0.2, -0.15) is 0 Å². The molecular formula is C20H25NO2.